The fraction of sp³-hybridized carbons (Fsp3) is 0.0526. The summed E-state index contributed by atoms with van der Waals surface area (Å²) >= 11 is 3.23. The summed E-state index contributed by atoms with van der Waals surface area (Å²) in [6.07, 6.45) is 0. The van der Waals surface area contributed by atoms with Crippen molar-refractivity contribution >= 4 is 47.4 Å². The van der Waals surface area contributed by atoms with Gasteiger partial charge in [-0.1, -0.05) is 34.1 Å². The van der Waals surface area contributed by atoms with Gasteiger partial charge in [0.1, 0.15) is 5.82 Å². The van der Waals surface area contributed by atoms with E-state index < -0.39 is 25.9 Å². The molecule has 0 aliphatic rings. The normalized spacial score (nSPS) is 11.8. The van der Waals surface area contributed by atoms with E-state index >= 15 is 0 Å². The molecule has 0 aliphatic carbocycles. The van der Waals surface area contributed by atoms with E-state index in [4.69, 9.17) is 0 Å². The third-order valence-electron chi connectivity index (χ3n) is 3.97. The lowest BCUT2D eigenvalue weighted by molar-refractivity contribution is 0.597. The molecule has 0 bridgehead atoms. The molecule has 0 radical (unpaired) electrons. The summed E-state index contributed by atoms with van der Waals surface area (Å²) < 4.78 is 69.7. The second-order valence-electron chi connectivity index (χ2n) is 6.13. The molecule has 0 saturated heterocycles. The molecule has 29 heavy (non-hydrogen) atoms. The highest BCUT2D eigenvalue weighted by Gasteiger charge is 2.21. The number of anilines is 2. The lowest BCUT2D eigenvalue weighted by atomic mass is 10.2. The third kappa shape index (κ3) is 4.95. The Labute approximate surface area is 177 Å². The molecule has 3 aromatic carbocycles. The number of hydrogen-bond acceptors (Lipinski definition) is 4. The van der Waals surface area contributed by atoms with Gasteiger partial charge in [-0.05, 0) is 61.0 Å². The molecule has 6 nitrogen and oxygen atoms in total. The number of sulfonamides is 2. The molecule has 0 saturated carbocycles. The van der Waals surface area contributed by atoms with Crippen LogP contribution in [0.5, 0.6) is 0 Å². The zero-order valence-corrected chi connectivity index (χ0v) is 18.3. The van der Waals surface area contributed by atoms with Crippen LogP contribution in [0.3, 0.4) is 0 Å². The van der Waals surface area contributed by atoms with Gasteiger partial charge < -0.3 is 0 Å². The Morgan fingerprint density at radius 1 is 0.828 bits per heavy atom. The van der Waals surface area contributed by atoms with Gasteiger partial charge in [0.25, 0.3) is 20.0 Å². The fourth-order valence-corrected chi connectivity index (χ4v) is 5.18. The van der Waals surface area contributed by atoms with Crippen LogP contribution >= 0.6 is 15.9 Å². The van der Waals surface area contributed by atoms with Gasteiger partial charge in [-0.25, -0.2) is 21.2 Å². The van der Waals surface area contributed by atoms with Gasteiger partial charge in [0.05, 0.1) is 21.2 Å². The summed E-state index contributed by atoms with van der Waals surface area (Å²) in [5.74, 6) is -0.721. The van der Waals surface area contributed by atoms with Crippen molar-refractivity contribution in [3.05, 3.63) is 82.6 Å². The number of aryl methyl sites for hydroxylation is 1. The van der Waals surface area contributed by atoms with E-state index in [-0.39, 0.29) is 21.2 Å². The molecular formula is C19H16BrFN2O4S2. The second-order valence-corrected chi connectivity index (χ2v) is 10.4. The Hall–Kier alpha value is -2.43. The first-order valence-corrected chi connectivity index (χ1v) is 12.0. The average Bonchev–Trinajstić information content (AvgIpc) is 2.65. The molecule has 0 spiro atoms. The van der Waals surface area contributed by atoms with Gasteiger partial charge >= 0.3 is 0 Å². The quantitative estimate of drug-likeness (QED) is 0.523. The van der Waals surface area contributed by atoms with Crippen LogP contribution in [0.25, 0.3) is 0 Å². The number of hydrogen-bond donors (Lipinski definition) is 2. The van der Waals surface area contributed by atoms with E-state index in [1.54, 1.807) is 19.1 Å². The Morgan fingerprint density at radius 2 is 1.48 bits per heavy atom. The summed E-state index contributed by atoms with van der Waals surface area (Å²) in [5, 5.41) is 0. The summed E-state index contributed by atoms with van der Waals surface area (Å²) in [6, 6.07) is 15.5. The second kappa shape index (κ2) is 8.13. The monoisotopic (exact) mass is 498 g/mol. The SMILES string of the molecule is Cc1ccc(NS(=O)(=O)c2ccc(Br)cc2)cc1S(=O)(=O)Nc1ccccc1F. The molecule has 152 valence electrons. The molecule has 2 N–H and O–H groups in total. The molecular weight excluding hydrogens is 483 g/mol. The molecule has 0 heterocycles. The maximum atomic E-state index is 13.8. The lowest BCUT2D eigenvalue weighted by Crippen LogP contribution is -2.17. The summed E-state index contributed by atoms with van der Waals surface area (Å²) in [6.45, 7) is 1.56. The third-order valence-corrected chi connectivity index (χ3v) is 7.41. The molecule has 0 fully saturated rings. The Bertz CT molecular complexity index is 1260. The maximum absolute atomic E-state index is 13.8. The first-order valence-electron chi connectivity index (χ1n) is 8.25. The minimum atomic E-state index is -4.15. The van der Waals surface area contributed by atoms with Gasteiger partial charge in [0.2, 0.25) is 0 Å². The number of benzene rings is 3. The van der Waals surface area contributed by atoms with Crippen LogP contribution in [0, 0.1) is 12.7 Å². The minimum Gasteiger partial charge on any atom is -0.280 e. The molecule has 3 aromatic rings. The van der Waals surface area contributed by atoms with E-state index in [1.165, 1.54) is 48.5 Å². The largest absolute Gasteiger partial charge is 0.280 e. The standard InChI is InChI=1S/C19H16BrFN2O4S2/c1-13-6-9-15(22-28(24,25)16-10-7-14(20)8-11-16)12-19(13)29(26,27)23-18-5-3-2-4-17(18)21/h2-12,22-23H,1H3. The van der Waals surface area contributed by atoms with Crippen molar-refractivity contribution in [2.45, 2.75) is 16.7 Å². The van der Waals surface area contributed by atoms with E-state index in [0.29, 0.717) is 5.56 Å². The van der Waals surface area contributed by atoms with Gasteiger partial charge in [-0.2, -0.15) is 0 Å². The van der Waals surface area contributed by atoms with Crippen molar-refractivity contribution in [3.8, 4) is 0 Å². The van der Waals surface area contributed by atoms with Crippen LogP contribution < -0.4 is 9.44 Å². The van der Waals surface area contributed by atoms with Crippen LogP contribution in [0.15, 0.2) is 81.0 Å². The number of rotatable bonds is 6. The molecule has 0 aliphatic heterocycles. The molecule has 0 unspecified atom stereocenters. The van der Waals surface area contributed by atoms with Crippen LogP contribution in [-0.4, -0.2) is 16.8 Å². The average molecular weight is 499 g/mol. The smallest absolute Gasteiger partial charge is 0.262 e. The van der Waals surface area contributed by atoms with Gasteiger partial charge in [-0.3, -0.25) is 9.44 Å². The predicted octanol–water partition coefficient (Wildman–Crippen LogP) is 4.50. The highest BCUT2D eigenvalue weighted by atomic mass is 79.9. The van der Waals surface area contributed by atoms with Gasteiger partial charge in [-0.15, -0.1) is 0 Å². The van der Waals surface area contributed by atoms with E-state index in [2.05, 4.69) is 25.4 Å². The molecule has 0 amide bonds. The highest BCUT2D eigenvalue weighted by molar-refractivity contribution is 9.10. The molecule has 10 heteroatoms. The highest BCUT2D eigenvalue weighted by Crippen LogP contribution is 2.26. The number of halogens is 2. The molecule has 0 atom stereocenters. The Kier molecular flexibility index (Phi) is 5.97. The summed E-state index contributed by atoms with van der Waals surface area (Å²) in [5.41, 5.74) is 0.237. The van der Waals surface area contributed by atoms with E-state index in [9.17, 15) is 21.2 Å². The zero-order valence-electron chi connectivity index (χ0n) is 15.1. The van der Waals surface area contributed by atoms with Crippen molar-refractivity contribution < 1.29 is 21.2 Å². The van der Waals surface area contributed by atoms with Crippen LogP contribution in [0.2, 0.25) is 0 Å². The van der Waals surface area contributed by atoms with E-state index in [1.807, 2.05) is 0 Å². The van der Waals surface area contributed by atoms with Crippen molar-refractivity contribution in [1.29, 1.82) is 0 Å². The summed E-state index contributed by atoms with van der Waals surface area (Å²) in [7, 11) is -8.06. The first kappa shape index (κ1) is 21.3. The van der Waals surface area contributed by atoms with Crippen molar-refractivity contribution in [2.24, 2.45) is 0 Å². The van der Waals surface area contributed by atoms with Gasteiger partial charge in [0, 0.05) is 4.47 Å². The maximum Gasteiger partial charge on any atom is 0.262 e. The topological polar surface area (TPSA) is 92.3 Å². The van der Waals surface area contributed by atoms with Crippen molar-refractivity contribution in [3.63, 3.8) is 0 Å². The number of nitrogens with one attached hydrogen (secondary N) is 2. The van der Waals surface area contributed by atoms with E-state index in [0.717, 1.165) is 10.5 Å². The van der Waals surface area contributed by atoms with Gasteiger partial charge in [0.15, 0.2) is 0 Å². The van der Waals surface area contributed by atoms with Crippen LogP contribution in [-0.2, 0) is 20.0 Å². The Morgan fingerprint density at radius 3 is 2.14 bits per heavy atom. The Balaban J connectivity index is 1.93. The minimum absolute atomic E-state index is 0.0233. The predicted molar refractivity (Wildman–Crippen MR) is 113 cm³/mol. The molecule has 3 rings (SSSR count). The fourth-order valence-electron chi connectivity index (χ4n) is 2.52. The zero-order chi connectivity index (χ0) is 21.2. The lowest BCUT2D eigenvalue weighted by Gasteiger charge is -2.14. The first-order chi connectivity index (χ1) is 13.6. The van der Waals surface area contributed by atoms with Crippen molar-refractivity contribution in [1.82, 2.24) is 0 Å². The van der Waals surface area contributed by atoms with Crippen LogP contribution in [0.4, 0.5) is 15.8 Å². The molecule has 0 aromatic heterocycles. The number of para-hydroxylation sites is 1. The van der Waals surface area contributed by atoms with Crippen molar-refractivity contribution in [2.75, 3.05) is 9.44 Å². The summed E-state index contributed by atoms with van der Waals surface area (Å²) in [4.78, 5) is -0.146. The van der Waals surface area contributed by atoms with Crippen LogP contribution in [0.1, 0.15) is 5.56 Å².